The van der Waals surface area contributed by atoms with E-state index in [-0.39, 0.29) is 18.7 Å². The first kappa shape index (κ1) is 16.3. The Kier molecular flexibility index (Phi) is 3.73. The van der Waals surface area contributed by atoms with E-state index in [0.29, 0.717) is 6.42 Å². The fourth-order valence-corrected chi connectivity index (χ4v) is 3.56. The fraction of sp³-hybridized carbons (Fsp3) is 0.211. The number of nitrogens with one attached hydrogen (secondary N) is 1. The molecule has 1 aliphatic rings. The van der Waals surface area contributed by atoms with Gasteiger partial charge in [0.2, 0.25) is 0 Å². The minimum atomic E-state index is -0.670. The molecule has 1 aromatic heterocycles. The first-order valence-corrected chi connectivity index (χ1v) is 8.24. The molecule has 1 atom stereocenters. The Bertz CT molecular complexity index is 987. The summed E-state index contributed by atoms with van der Waals surface area (Å²) in [5, 5.41) is 39.7. The van der Waals surface area contributed by atoms with Crippen LogP contribution in [-0.4, -0.2) is 48.9 Å². The van der Waals surface area contributed by atoms with Crippen LogP contribution in [0.25, 0.3) is 10.9 Å². The molecule has 2 aromatic carbocycles. The van der Waals surface area contributed by atoms with Crippen LogP contribution in [0.3, 0.4) is 0 Å². The lowest BCUT2D eigenvalue weighted by molar-refractivity contribution is 0.0541. The van der Waals surface area contributed by atoms with Gasteiger partial charge in [-0.1, -0.05) is 18.2 Å². The summed E-state index contributed by atoms with van der Waals surface area (Å²) in [5.41, 5.74) is 3.00. The Balaban J connectivity index is 1.73. The summed E-state index contributed by atoms with van der Waals surface area (Å²) in [6.07, 6.45) is 0.498. The summed E-state index contributed by atoms with van der Waals surface area (Å²) < 4.78 is 0. The first-order valence-electron chi connectivity index (χ1n) is 8.24. The van der Waals surface area contributed by atoms with Crippen LogP contribution in [0, 0.1) is 0 Å². The quantitative estimate of drug-likeness (QED) is 0.450. The van der Waals surface area contributed by atoms with E-state index in [1.807, 2.05) is 24.3 Å². The number of amides is 1. The highest BCUT2D eigenvalue weighted by Gasteiger charge is 2.32. The van der Waals surface area contributed by atoms with Gasteiger partial charge in [0, 0.05) is 22.2 Å². The average Bonchev–Trinajstić information content (AvgIpc) is 3.01. The van der Waals surface area contributed by atoms with Gasteiger partial charge in [0.1, 0.15) is 0 Å². The highest BCUT2D eigenvalue weighted by Crippen LogP contribution is 2.37. The largest absolute Gasteiger partial charge is 0.504 e. The predicted octanol–water partition coefficient (Wildman–Crippen LogP) is 1.84. The maximum Gasteiger partial charge on any atom is 0.254 e. The Hall–Kier alpha value is -3.19. The van der Waals surface area contributed by atoms with Gasteiger partial charge in [-0.3, -0.25) is 4.79 Å². The summed E-state index contributed by atoms with van der Waals surface area (Å²) in [5.74, 6) is -2.26. The Morgan fingerprint density at radius 1 is 1.15 bits per heavy atom. The number of rotatable bonds is 2. The molecule has 4 rings (SSSR count). The molecular weight excluding hydrogens is 336 g/mol. The van der Waals surface area contributed by atoms with Gasteiger partial charge in [-0.25, -0.2) is 0 Å². The molecule has 0 bridgehead atoms. The first-order chi connectivity index (χ1) is 12.5. The van der Waals surface area contributed by atoms with Crippen molar-refractivity contribution in [3.05, 3.63) is 53.2 Å². The number of phenolic OH excluding ortho intramolecular Hbond substituents is 3. The third-order valence-electron chi connectivity index (χ3n) is 4.90. The van der Waals surface area contributed by atoms with E-state index in [0.717, 1.165) is 34.3 Å². The summed E-state index contributed by atoms with van der Waals surface area (Å²) in [6.45, 7) is 0.0667. The number of hydrogen-bond acceptors (Lipinski definition) is 5. The number of nitrogens with zero attached hydrogens (tertiary/aromatic N) is 1. The van der Waals surface area contributed by atoms with Crippen LogP contribution in [0.2, 0.25) is 0 Å². The highest BCUT2D eigenvalue weighted by atomic mass is 16.3. The third-order valence-corrected chi connectivity index (χ3v) is 4.90. The molecule has 134 valence electrons. The van der Waals surface area contributed by atoms with Crippen molar-refractivity contribution in [3.8, 4) is 17.2 Å². The van der Waals surface area contributed by atoms with Gasteiger partial charge in [0.05, 0.1) is 19.2 Å². The molecule has 0 spiro atoms. The topological polar surface area (TPSA) is 117 Å². The van der Waals surface area contributed by atoms with Crippen molar-refractivity contribution < 1.29 is 25.2 Å². The van der Waals surface area contributed by atoms with Crippen molar-refractivity contribution in [2.45, 2.75) is 19.0 Å². The number of H-pyrrole nitrogens is 1. The monoisotopic (exact) mass is 354 g/mol. The highest BCUT2D eigenvalue weighted by molar-refractivity contribution is 5.96. The molecule has 26 heavy (non-hydrogen) atoms. The summed E-state index contributed by atoms with van der Waals surface area (Å²) in [4.78, 5) is 17.7. The third kappa shape index (κ3) is 2.44. The number of aliphatic hydroxyl groups excluding tert-OH is 1. The zero-order chi connectivity index (χ0) is 18.4. The van der Waals surface area contributed by atoms with Crippen molar-refractivity contribution in [2.24, 2.45) is 0 Å². The molecule has 7 heteroatoms. The standard InChI is InChI=1S/C19H18N2O5/c22-9-11-7-13-12-3-1-2-4-14(12)20-15(13)8-21(11)19(26)10-5-16(23)18(25)17(24)6-10/h1-6,11,20,22-25H,7-9H2. The average molecular weight is 354 g/mol. The van der Waals surface area contributed by atoms with E-state index < -0.39 is 29.2 Å². The molecule has 1 amide bonds. The second-order valence-corrected chi connectivity index (χ2v) is 6.46. The zero-order valence-corrected chi connectivity index (χ0v) is 13.8. The second-order valence-electron chi connectivity index (χ2n) is 6.46. The molecule has 0 aliphatic carbocycles. The van der Waals surface area contributed by atoms with Crippen LogP contribution in [0.1, 0.15) is 21.6 Å². The number of aromatic hydroxyl groups is 3. The molecule has 0 fully saturated rings. The van der Waals surface area contributed by atoms with E-state index in [9.17, 15) is 25.2 Å². The van der Waals surface area contributed by atoms with Gasteiger partial charge >= 0.3 is 0 Å². The number of hydrogen-bond donors (Lipinski definition) is 5. The minimum Gasteiger partial charge on any atom is -0.504 e. The Labute approximate surface area is 148 Å². The normalized spacial score (nSPS) is 16.7. The van der Waals surface area contributed by atoms with Crippen molar-refractivity contribution >= 4 is 16.8 Å². The number of para-hydroxylation sites is 1. The van der Waals surface area contributed by atoms with E-state index in [1.165, 1.54) is 4.90 Å². The van der Waals surface area contributed by atoms with Gasteiger partial charge < -0.3 is 30.3 Å². The van der Waals surface area contributed by atoms with Crippen LogP contribution in [0.4, 0.5) is 0 Å². The molecule has 1 unspecified atom stereocenters. The molecule has 0 radical (unpaired) electrons. The number of carbonyl (C=O) groups excluding carboxylic acids is 1. The van der Waals surface area contributed by atoms with Crippen LogP contribution in [0.5, 0.6) is 17.2 Å². The SMILES string of the molecule is O=C(c1cc(O)c(O)c(O)c1)N1Cc2[nH]c3ccccc3c2CC1CO. The lowest BCUT2D eigenvalue weighted by Crippen LogP contribution is -2.46. The molecular formula is C19H18N2O5. The zero-order valence-electron chi connectivity index (χ0n) is 13.8. The summed E-state index contributed by atoms with van der Waals surface area (Å²) in [7, 11) is 0. The number of aliphatic hydroxyl groups is 1. The van der Waals surface area contributed by atoms with E-state index in [1.54, 1.807) is 0 Å². The van der Waals surface area contributed by atoms with Crippen LogP contribution < -0.4 is 0 Å². The smallest absolute Gasteiger partial charge is 0.254 e. The minimum absolute atomic E-state index is 0.0378. The van der Waals surface area contributed by atoms with Gasteiger partial charge in [0.25, 0.3) is 5.91 Å². The fourth-order valence-electron chi connectivity index (χ4n) is 3.56. The van der Waals surface area contributed by atoms with Gasteiger partial charge in [-0.15, -0.1) is 0 Å². The van der Waals surface area contributed by atoms with E-state index in [4.69, 9.17) is 0 Å². The molecule has 5 N–H and O–H groups in total. The number of aromatic nitrogens is 1. The van der Waals surface area contributed by atoms with Crippen LogP contribution in [0.15, 0.2) is 36.4 Å². The van der Waals surface area contributed by atoms with Gasteiger partial charge in [-0.05, 0) is 30.2 Å². The number of benzene rings is 2. The van der Waals surface area contributed by atoms with E-state index in [2.05, 4.69) is 4.98 Å². The molecule has 7 nitrogen and oxygen atoms in total. The molecule has 3 aromatic rings. The number of carbonyl (C=O) groups is 1. The number of phenols is 3. The molecule has 1 aliphatic heterocycles. The van der Waals surface area contributed by atoms with Crippen molar-refractivity contribution in [2.75, 3.05) is 6.61 Å². The van der Waals surface area contributed by atoms with E-state index >= 15 is 0 Å². The molecule has 0 saturated carbocycles. The van der Waals surface area contributed by atoms with Crippen molar-refractivity contribution in [1.29, 1.82) is 0 Å². The summed E-state index contributed by atoms with van der Waals surface area (Å²) >= 11 is 0. The number of aromatic amines is 1. The predicted molar refractivity (Wildman–Crippen MR) is 94.2 cm³/mol. The summed E-state index contributed by atoms with van der Waals surface area (Å²) in [6, 6.07) is 9.63. The Morgan fingerprint density at radius 3 is 2.54 bits per heavy atom. The van der Waals surface area contributed by atoms with Crippen LogP contribution in [-0.2, 0) is 13.0 Å². The molecule has 0 saturated heterocycles. The maximum atomic E-state index is 12.9. The lowest BCUT2D eigenvalue weighted by atomic mass is 9.96. The lowest BCUT2D eigenvalue weighted by Gasteiger charge is -2.35. The van der Waals surface area contributed by atoms with Crippen molar-refractivity contribution in [1.82, 2.24) is 9.88 Å². The van der Waals surface area contributed by atoms with Gasteiger partial charge in [-0.2, -0.15) is 0 Å². The van der Waals surface area contributed by atoms with Gasteiger partial charge in [0.15, 0.2) is 17.2 Å². The van der Waals surface area contributed by atoms with Crippen molar-refractivity contribution in [3.63, 3.8) is 0 Å². The maximum absolute atomic E-state index is 12.9. The second kappa shape index (κ2) is 5.96. The number of fused-ring (bicyclic) bond motifs is 3. The Morgan fingerprint density at radius 2 is 1.85 bits per heavy atom. The van der Waals surface area contributed by atoms with Crippen LogP contribution >= 0.6 is 0 Å². The molecule has 2 heterocycles.